The van der Waals surface area contributed by atoms with Crippen molar-refractivity contribution in [2.45, 2.75) is 57.4 Å². The number of rotatable bonds is 14. The molecule has 14 heteroatoms. The first-order valence-corrected chi connectivity index (χ1v) is 14.5. The molecule has 0 spiro atoms. The predicted molar refractivity (Wildman–Crippen MR) is 119 cm³/mol. The largest absolute Gasteiger partial charge is 0.481 e. The predicted octanol–water partition coefficient (Wildman–Crippen LogP) is 2.70. The second-order valence-corrected chi connectivity index (χ2v) is 14.7. The van der Waals surface area contributed by atoms with Crippen molar-refractivity contribution >= 4 is 14.0 Å². The van der Waals surface area contributed by atoms with E-state index in [4.69, 9.17) is 15.2 Å². The number of aromatic nitrogens is 5. The van der Waals surface area contributed by atoms with E-state index >= 15 is 0 Å². The first-order chi connectivity index (χ1) is 15.9. The topological polar surface area (TPSA) is 138 Å². The van der Waals surface area contributed by atoms with Crippen LogP contribution in [-0.2, 0) is 22.7 Å². The van der Waals surface area contributed by atoms with Gasteiger partial charge in [0.1, 0.15) is 13.3 Å². The minimum absolute atomic E-state index is 0.00751. The highest BCUT2D eigenvalue weighted by atomic mass is 28.3. The van der Waals surface area contributed by atoms with Crippen molar-refractivity contribution < 1.29 is 32.5 Å². The quantitative estimate of drug-likeness (QED) is 0.294. The second-order valence-electron chi connectivity index (χ2n) is 9.10. The zero-order chi connectivity index (χ0) is 25.4. The Morgan fingerprint density at radius 3 is 2.56 bits per heavy atom. The number of hydrogen-bond acceptors (Lipinski definition) is 8. The lowest BCUT2D eigenvalue weighted by molar-refractivity contribution is -0.165. The minimum Gasteiger partial charge on any atom is -0.481 e. The molecule has 0 aliphatic carbocycles. The van der Waals surface area contributed by atoms with Gasteiger partial charge >= 0.3 is 12.1 Å². The molecule has 0 saturated carbocycles. The number of alkyl halides is 3. The number of carboxylic acid groups (broad SMARTS) is 1. The molecular weight excluding hydrogens is 473 g/mol. The number of pyridine rings is 1. The van der Waals surface area contributed by atoms with Crippen molar-refractivity contribution in [2.75, 3.05) is 19.8 Å². The fourth-order valence-corrected chi connectivity index (χ4v) is 3.95. The molecule has 0 bridgehead atoms. The SMILES string of the molecule is C[Si](C)(C)CCOCn1nnnc1[C@@H](Cc1ccc(OCCN)nc1)C(CC(F)(F)F)C(=O)O. The molecule has 2 aromatic rings. The van der Waals surface area contributed by atoms with Crippen LogP contribution < -0.4 is 10.5 Å². The van der Waals surface area contributed by atoms with Crippen LogP contribution in [0.1, 0.15) is 23.7 Å². The molecule has 190 valence electrons. The highest BCUT2D eigenvalue weighted by Crippen LogP contribution is 2.36. The molecule has 2 heterocycles. The zero-order valence-electron chi connectivity index (χ0n) is 19.5. The molecule has 0 saturated heterocycles. The average Bonchev–Trinajstić information content (AvgIpc) is 3.20. The van der Waals surface area contributed by atoms with Crippen LogP contribution in [0.15, 0.2) is 18.3 Å². The van der Waals surface area contributed by atoms with Gasteiger partial charge in [0.05, 0.1) is 12.3 Å². The third-order valence-electron chi connectivity index (χ3n) is 4.98. The summed E-state index contributed by atoms with van der Waals surface area (Å²) in [6.45, 7) is 7.46. The van der Waals surface area contributed by atoms with Crippen molar-refractivity contribution in [3.63, 3.8) is 0 Å². The molecule has 2 rings (SSSR count). The summed E-state index contributed by atoms with van der Waals surface area (Å²) in [7, 11) is -1.35. The minimum atomic E-state index is -4.69. The Morgan fingerprint density at radius 1 is 1.26 bits per heavy atom. The second kappa shape index (κ2) is 12.2. The summed E-state index contributed by atoms with van der Waals surface area (Å²) in [5, 5.41) is 20.9. The van der Waals surface area contributed by atoms with Gasteiger partial charge in [0.15, 0.2) is 5.82 Å². The maximum atomic E-state index is 13.3. The molecule has 0 fully saturated rings. The van der Waals surface area contributed by atoms with Crippen LogP contribution in [0, 0.1) is 5.92 Å². The number of ether oxygens (including phenoxy) is 2. The molecule has 2 atom stereocenters. The van der Waals surface area contributed by atoms with Gasteiger partial charge < -0.3 is 20.3 Å². The molecule has 0 aromatic carbocycles. The van der Waals surface area contributed by atoms with E-state index in [-0.39, 0.29) is 25.6 Å². The smallest absolute Gasteiger partial charge is 0.389 e. The van der Waals surface area contributed by atoms with Gasteiger partial charge in [0.25, 0.3) is 0 Å². The van der Waals surface area contributed by atoms with Gasteiger partial charge in [-0.3, -0.25) is 4.79 Å². The van der Waals surface area contributed by atoms with Crippen molar-refractivity contribution in [2.24, 2.45) is 11.7 Å². The summed E-state index contributed by atoms with van der Waals surface area (Å²) in [6, 6.07) is 4.03. The highest BCUT2D eigenvalue weighted by Gasteiger charge is 2.42. The van der Waals surface area contributed by atoms with Gasteiger partial charge in [-0.25, -0.2) is 9.67 Å². The van der Waals surface area contributed by atoms with E-state index < -0.39 is 38.5 Å². The van der Waals surface area contributed by atoms with E-state index in [1.807, 2.05) is 0 Å². The van der Waals surface area contributed by atoms with E-state index in [9.17, 15) is 23.1 Å². The Kier molecular flexibility index (Phi) is 9.94. The lowest BCUT2D eigenvalue weighted by Crippen LogP contribution is -2.31. The van der Waals surface area contributed by atoms with Gasteiger partial charge in [-0.15, -0.1) is 5.10 Å². The van der Waals surface area contributed by atoms with Crippen LogP contribution in [0.25, 0.3) is 0 Å². The van der Waals surface area contributed by atoms with Crippen molar-refractivity contribution in [3.8, 4) is 5.88 Å². The number of aliphatic carboxylic acids is 1. The molecule has 2 aromatic heterocycles. The Morgan fingerprint density at radius 2 is 2.00 bits per heavy atom. The van der Waals surface area contributed by atoms with E-state index in [0.29, 0.717) is 24.6 Å². The van der Waals surface area contributed by atoms with Crippen molar-refractivity contribution in [1.82, 2.24) is 25.2 Å². The van der Waals surface area contributed by atoms with Crippen LogP contribution in [0.3, 0.4) is 0 Å². The Bertz CT molecular complexity index is 905. The molecule has 0 amide bonds. The molecule has 1 unspecified atom stereocenters. The van der Waals surface area contributed by atoms with Crippen LogP contribution in [0.4, 0.5) is 13.2 Å². The number of carboxylic acids is 1. The fourth-order valence-electron chi connectivity index (χ4n) is 3.20. The van der Waals surface area contributed by atoms with Crippen LogP contribution in [-0.4, -0.2) is 70.3 Å². The molecule has 0 radical (unpaired) electrons. The first kappa shape index (κ1) is 27.7. The van der Waals surface area contributed by atoms with Gasteiger partial charge in [0, 0.05) is 39.4 Å². The van der Waals surface area contributed by atoms with E-state index in [0.717, 1.165) is 6.04 Å². The highest BCUT2D eigenvalue weighted by molar-refractivity contribution is 6.76. The lowest BCUT2D eigenvalue weighted by atomic mass is 9.84. The van der Waals surface area contributed by atoms with Crippen LogP contribution >= 0.6 is 0 Å². The lowest BCUT2D eigenvalue weighted by Gasteiger charge is -2.24. The average molecular weight is 505 g/mol. The Hall–Kier alpha value is -2.58. The molecular formula is C20H31F3N6O4Si. The number of nitrogens with two attached hydrogens (primary N) is 1. The normalized spacial score (nSPS) is 14.1. The maximum absolute atomic E-state index is 13.3. The summed E-state index contributed by atoms with van der Waals surface area (Å²) in [5.74, 6) is -4.26. The maximum Gasteiger partial charge on any atom is 0.389 e. The van der Waals surface area contributed by atoms with Crippen LogP contribution in [0.2, 0.25) is 25.7 Å². The monoisotopic (exact) mass is 504 g/mol. The van der Waals surface area contributed by atoms with E-state index in [2.05, 4.69) is 40.2 Å². The van der Waals surface area contributed by atoms with E-state index in [1.165, 1.54) is 10.9 Å². The molecule has 0 aliphatic rings. The fraction of sp³-hybridized carbons (Fsp3) is 0.650. The number of halogens is 3. The summed E-state index contributed by atoms with van der Waals surface area (Å²) < 4.78 is 51.9. The van der Waals surface area contributed by atoms with Gasteiger partial charge in [-0.1, -0.05) is 25.7 Å². The molecule has 0 aliphatic heterocycles. The zero-order valence-corrected chi connectivity index (χ0v) is 20.5. The van der Waals surface area contributed by atoms with Crippen LogP contribution in [0.5, 0.6) is 5.88 Å². The van der Waals surface area contributed by atoms with Crippen molar-refractivity contribution in [3.05, 3.63) is 29.7 Å². The Labute approximate surface area is 196 Å². The summed E-state index contributed by atoms with van der Waals surface area (Å²) >= 11 is 0. The van der Waals surface area contributed by atoms with Crippen molar-refractivity contribution in [1.29, 1.82) is 0 Å². The van der Waals surface area contributed by atoms with Gasteiger partial charge in [-0.05, 0) is 28.5 Å². The summed E-state index contributed by atoms with van der Waals surface area (Å²) in [5.41, 5.74) is 5.89. The van der Waals surface area contributed by atoms with Gasteiger partial charge in [0.2, 0.25) is 5.88 Å². The number of nitrogens with zero attached hydrogens (tertiary/aromatic N) is 5. The number of carbonyl (C=O) groups is 1. The number of hydrogen-bond donors (Lipinski definition) is 2. The summed E-state index contributed by atoms with van der Waals surface area (Å²) in [4.78, 5) is 16.0. The standard InChI is InChI=1S/C20H31F3N6O4Si/c1-34(2,3)9-8-32-13-29-18(26-27-28-29)15(16(19(30)31)11-20(21,22)23)10-14-4-5-17(25-12-14)33-7-6-24/h4-5,12,15-16H,6-11,13,24H2,1-3H3,(H,30,31)/t15-,16?/m0/s1. The third kappa shape index (κ3) is 9.35. The molecule has 3 N–H and O–H groups in total. The molecule has 34 heavy (non-hydrogen) atoms. The first-order valence-electron chi connectivity index (χ1n) is 10.8. The van der Waals surface area contributed by atoms with E-state index in [1.54, 1.807) is 12.1 Å². The molecule has 10 nitrogen and oxygen atoms in total. The van der Waals surface area contributed by atoms with Gasteiger partial charge in [-0.2, -0.15) is 13.2 Å². The third-order valence-corrected chi connectivity index (χ3v) is 6.68. The Balaban J connectivity index is 2.29. The summed E-state index contributed by atoms with van der Waals surface area (Å²) in [6.07, 6.45) is -4.87. The number of tetrazole rings is 1.